The second-order valence-corrected chi connectivity index (χ2v) is 4.44. The molecule has 0 aliphatic carbocycles. The monoisotopic (exact) mass is 204 g/mol. The first-order valence-electron chi connectivity index (χ1n) is 4.81. The molecule has 1 nitrogen and oxygen atoms in total. The molecule has 0 spiro atoms. The van der Waals surface area contributed by atoms with Crippen LogP contribution in [0.25, 0.3) is 10.1 Å². The minimum atomic E-state index is 0.823. The quantitative estimate of drug-likeness (QED) is 0.697. The van der Waals surface area contributed by atoms with Gasteiger partial charge in [-0.2, -0.15) is 0 Å². The summed E-state index contributed by atoms with van der Waals surface area (Å²) in [6.07, 6.45) is 3.17. The maximum Gasteiger partial charge on any atom is 0.160 e. The highest BCUT2D eigenvalue weighted by molar-refractivity contribution is 7.20. The van der Waals surface area contributed by atoms with Gasteiger partial charge in [-0.05, 0) is 23.4 Å². The summed E-state index contributed by atoms with van der Waals surface area (Å²) < 4.78 is 1.27. The van der Waals surface area contributed by atoms with Crippen LogP contribution in [0.3, 0.4) is 0 Å². The van der Waals surface area contributed by atoms with Crippen molar-refractivity contribution in [3.8, 4) is 0 Å². The van der Waals surface area contributed by atoms with Crippen LogP contribution in [0.4, 0.5) is 0 Å². The number of aldehydes is 1. The first kappa shape index (κ1) is 9.41. The zero-order valence-corrected chi connectivity index (χ0v) is 8.93. The second kappa shape index (κ2) is 3.93. The third kappa shape index (κ3) is 1.58. The largest absolute Gasteiger partial charge is 0.297 e. The minimum absolute atomic E-state index is 0.823. The molecule has 2 heteroatoms. The Morgan fingerprint density at radius 3 is 3.00 bits per heavy atom. The van der Waals surface area contributed by atoms with Crippen LogP contribution in [0.1, 0.15) is 28.6 Å². The van der Waals surface area contributed by atoms with E-state index in [0.717, 1.165) is 24.0 Å². The highest BCUT2D eigenvalue weighted by Gasteiger charge is 2.04. The summed E-state index contributed by atoms with van der Waals surface area (Å²) in [4.78, 5) is 11.5. The Morgan fingerprint density at radius 2 is 2.29 bits per heavy atom. The third-order valence-electron chi connectivity index (χ3n) is 2.28. The smallest absolute Gasteiger partial charge is 0.160 e. The summed E-state index contributed by atoms with van der Waals surface area (Å²) in [5.74, 6) is 0. The van der Waals surface area contributed by atoms with Gasteiger partial charge < -0.3 is 0 Å². The van der Waals surface area contributed by atoms with E-state index in [1.54, 1.807) is 11.3 Å². The van der Waals surface area contributed by atoms with Crippen LogP contribution in [-0.2, 0) is 6.42 Å². The Hall–Kier alpha value is -1.15. The van der Waals surface area contributed by atoms with Crippen molar-refractivity contribution >= 4 is 27.7 Å². The lowest BCUT2D eigenvalue weighted by Gasteiger charge is -1.99. The molecule has 0 radical (unpaired) electrons. The Balaban J connectivity index is 2.60. The topological polar surface area (TPSA) is 17.1 Å². The molecule has 72 valence electrons. The maximum absolute atomic E-state index is 10.7. The molecule has 2 rings (SSSR count). The standard InChI is InChI=1S/C12H12OS/c1-2-4-9-5-3-6-10-7-11(8-13)14-12(9)10/h3,5-8H,2,4H2,1H3. The number of hydrogen-bond acceptors (Lipinski definition) is 2. The number of rotatable bonds is 3. The van der Waals surface area contributed by atoms with Gasteiger partial charge in [0.25, 0.3) is 0 Å². The van der Waals surface area contributed by atoms with E-state index in [0.29, 0.717) is 0 Å². The molecule has 0 fully saturated rings. The fourth-order valence-electron chi connectivity index (χ4n) is 1.67. The zero-order valence-electron chi connectivity index (χ0n) is 8.12. The van der Waals surface area contributed by atoms with Crippen molar-refractivity contribution in [1.29, 1.82) is 0 Å². The van der Waals surface area contributed by atoms with Crippen molar-refractivity contribution in [2.75, 3.05) is 0 Å². The number of fused-ring (bicyclic) bond motifs is 1. The Labute approximate surface area is 87.4 Å². The van der Waals surface area contributed by atoms with Gasteiger partial charge >= 0.3 is 0 Å². The second-order valence-electron chi connectivity index (χ2n) is 3.35. The molecule has 0 unspecified atom stereocenters. The lowest BCUT2D eigenvalue weighted by Crippen LogP contribution is -1.81. The molecule has 0 aliphatic heterocycles. The van der Waals surface area contributed by atoms with Crippen molar-refractivity contribution in [3.63, 3.8) is 0 Å². The van der Waals surface area contributed by atoms with Gasteiger partial charge in [-0.1, -0.05) is 31.5 Å². The average molecular weight is 204 g/mol. The first-order valence-corrected chi connectivity index (χ1v) is 5.63. The minimum Gasteiger partial charge on any atom is -0.297 e. The number of hydrogen-bond donors (Lipinski definition) is 0. The van der Waals surface area contributed by atoms with E-state index >= 15 is 0 Å². The number of thiophene rings is 1. The Bertz CT molecular complexity index is 456. The highest BCUT2D eigenvalue weighted by Crippen LogP contribution is 2.28. The van der Waals surface area contributed by atoms with E-state index in [2.05, 4.69) is 25.1 Å². The maximum atomic E-state index is 10.7. The number of aryl methyl sites for hydroxylation is 1. The summed E-state index contributed by atoms with van der Waals surface area (Å²) in [5, 5.41) is 1.20. The first-order chi connectivity index (χ1) is 6.85. The summed E-state index contributed by atoms with van der Waals surface area (Å²) in [7, 11) is 0. The van der Waals surface area contributed by atoms with Crippen LogP contribution in [0.2, 0.25) is 0 Å². The summed E-state index contributed by atoms with van der Waals surface area (Å²) in [6.45, 7) is 2.17. The molecular formula is C12H12OS. The molecule has 1 aromatic heterocycles. The van der Waals surface area contributed by atoms with Gasteiger partial charge in [0.15, 0.2) is 6.29 Å². The lowest BCUT2D eigenvalue weighted by molar-refractivity contribution is 0.112. The fourth-order valence-corrected chi connectivity index (χ4v) is 2.68. The van der Waals surface area contributed by atoms with Crippen LogP contribution in [0.15, 0.2) is 24.3 Å². The van der Waals surface area contributed by atoms with Crippen LogP contribution in [0.5, 0.6) is 0 Å². The highest BCUT2D eigenvalue weighted by atomic mass is 32.1. The molecule has 14 heavy (non-hydrogen) atoms. The van der Waals surface area contributed by atoms with Crippen molar-refractivity contribution in [2.45, 2.75) is 19.8 Å². The molecule has 1 aromatic carbocycles. The average Bonchev–Trinajstić information content (AvgIpc) is 2.62. The van der Waals surface area contributed by atoms with E-state index in [-0.39, 0.29) is 0 Å². The molecule has 0 atom stereocenters. The molecule has 0 aliphatic rings. The molecule has 0 saturated heterocycles. The van der Waals surface area contributed by atoms with Gasteiger partial charge in [0.1, 0.15) is 0 Å². The number of carbonyl (C=O) groups is 1. The lowest BCUT2D eigenvalue weighted by atomic mass is 10.1. The van der Waals surface area contributed by atoms with E-state index in [1.165, 1.54) is 15.6 Å². The Kier molecular flexibility index (Phi) is 2.64. The van der Waals surface area contributed by atoms with E-state index in [1.807, 2.05) is 6.07 Å². The number of benzene rings is 1. The normalized spacial score (nSPS) is 10.6. The van der Waals surface area contributed by atoms with Gasteiger partial charge in [0.05, 0.1) is 4.88 Å². The van der Waals surface area contributed by atoms with Gasteiger partial charge in [-0.3, -0.25) is 4.79 Å². The van der Waals surface area contributed by atoms with Crippen molar-refractivity contribution < 1.29 is 4.79 Å². The predicted octanol–water partition coefficient (Wildman–Crippen LogP) is 3.67. The van der Waals surface area contributed by atoms with Crippen molar-refractivity contribution in [1.82, 2.24) is 0 Å². The molecule has 0 N–H and O–H groups in total. The molecule has 1 heterocycles. The van der Waals surface area contributed by atoms with Crippen molar-refractivity contribution in [2.24, 2.45) is 0 Å². The molecule has 0 amide bonds. The van der Waals surface area contributed by atoms with Gasteiger partial charge in [-0.25, -0.2) is 0 Å². The predicted molar refractivity (Wildman–Crippen MR) is 61.2 cm³/mol. The van der Waals surface area contributed by atoms with Crippen LogP contribution >= 0.6 is 11.3 Å². The summed E-state index contributed by atoms with van der Waals surface area (Å²) >= 11 is 1.60. The molecule has 0 bridgehead atoms. The molecule has 2 aromatic rings. The fraction of sp³-hybridized carbons (Fsp3) is 0.250. The SMILES string of the molecule is CCCc1cccc2cc(C=O)sc12. The van der Waals surface area contributed by atoms with Gasteiger partial charge in [0.2, 0.25) is 0 Å². The van der Waals surface area contributed by atoms with Gasteiger partial charge in [-0.15, -0.1) is 11.3 Å². The van der Waals surface area contributed by atoms with Crippen LogP contribution < -0.4 is 0 Å². The van der Waals surface area contributed by atoms with E-state index in [4.69, 9.17) is 0 Å². The molecule has 0 saturated carbocycles. The van der Waals surface area contributed by atoms with Crippen molar-refractivity contribution in [3.05, 3.63) is 34.7 Å². The van der Waals surface area contributed by atoms with Gasteiger partial charge in [0, 0.05) is 4.70 Å². The summed E-state index contributed by atoms with van der Waals surface area (Å²) in [6, 6.07) is 8.25. The Morgan fingerprint density at radius 1 is 1.43 bits per heavy atom. The van der Waals surface area contributed by atoms with E-state index in [9.17, 15) is 4.79 Å². The van der Waals surface area contributed by atoms with E-state index < -0.39 is 0 Å². The summed E-state index contributed by atoms with van der Waals surface area (Å²) in [5.41, 5.74) is 1.36. The third-order valence-corrected chi connectivity index (χ3v) is 3.43. The zero-order chi connectivity index (χ0) is 9.97. The van der Waals surface area contributed by atoms with Crippen LogP contribution in [0, 0.1) is 0 Å². The molecular weight excluding hydrogens is 192 g/mol. The van der Waals surface area contributed by atoms with Crippen LogP contribution in [-0.4, -0.2) is 6.29 Å². The number of carbonyl (C=O) groups excluding carboxylic acids is 1.